The SMILES string of the molecule is COc1cc(OC)c(OC)cc1CC#N. The second kappa shape index (κ2) is 5.11. The third-order valence-electron chi connectivity index (χ3n) is 2.06. The Morgan fingerprint density at radius 1 is 1.00 bits per heavy atom. The number of methoxy groups -OCH3 is 3. The van der Waals surface area contributed by atoms with Gasteiger partial charge in [-0.1, -0.05) is 0 Å². The standard InChI is InChI=1S/C11H13NO3/c1-13-9-7-11(15-3)10(14-2)6-8(9)4-5-12/h6-7H,4H2,1-3H3. The Bertz CT molecular complexity index is 382. The second-order valence-corrected chi connectivity index (χ2v) is 2.85. The van der Waals surface area contributed by atoms with Crippen molar-refractivity contribution in [3.8, 4) is 23.3 Å². The molecule has 0 fully saturated rings. The van der Waals surface area contributed by atoms with Crippen LogP contribution in [0.2, 0.25) is 0 Å². The highest BCUT2D eigenvalue weighted by Crippen LogP contribution is 2.34. The zero-order valence-corrected chi connectivity index (χ0v) is 9.03. The number of nitrogens with zero attached hydrogens (tertiary/aromatic N) is 1. The topological polar surface area (TPSA) is 51.5 Å². The molecule has 0 heterocycles. The molecule has 4 heteroatoms. The van der Waals surface area contributed by atoms with E-state index in [1.54, 1.807) is 33.5 Å². The minimum atomic E-state index is 0.281. The van der Waals surface area contributed by atoms with Crippen LogP contribution in [0, 0.1) is 11.3 Å². The first-order valence-corrected chi connectivity index (χ1v) is 4.42. The first-order chi connectivity index (χ1) is 7.26. The monoisotopic (exact) mass is 207 g/mol. The van der Waals surface area contributed by atoms with Gasteiger partial charge in [-0.25, -0.2) is 0 Å². The van der Waals surface area contributed by atoms with Gasteiger partial charge in [-0.15, -0.1) is 0 Å². The summed E-state index contributed by atoms with van der Waals surface area (Å²) in [4.78, 5) is 0. The van der Waals surface area contributed by atoms with Crippen LogP contribution in [0.5, 0.6) is 17.2 Å². The van der Waals surface area contributed by atoms with Gasteiger partial charge in [0.15, 0.2) is 11.5 Å². The highest BCUT2D eigenvalue weighted by atomic mass is 16.5. The van der Waals surface area contributed by atoms with Crippen LogP contribution < -0.4 is 14.2 Å². The van der Waals surface area contributed by atoms with Gasteiger partial charge in [-0.05, 0) is 6.07 Å². The molecule has 0 spiro atoms. The molecule has 1 aromatic rings. The van der Waals surface area contributed by atoms with Gasteiger partial charge in [-0.3, -0.25) is 0 Å². The zero-order chi connectivity index (χ0) is 11.3. The van der Waals surface area contributed by atoms with Crippen LogP contribution in [0.3, 0.4) is 0 Å². The minimum absolute atomic E-state index is 0.281. The third-order valence-corrected chi connectivity index (χ3v) is 2.06. The average molecular weight is 207 g/mol. The Hall–Kier alpha value is -1.89. The summed E-state index contributed by atoms with van der Waals surface area (Å²) in [7, 11) is 4.67. The number of hydrogen-bond acceptors (Lipinski definition) is 4. The van der Waals surface area contributed by atoms with Crippen LogP contribution in [0.1, 0.15) is 5.56 Å². The van der Waals surface area contributed by atoms with Crippen LogP contribution in [-0.2, 0) is 6.42 Å². The highest BCUT2D eigenvalue weighted by Gasteiger charge is 2.10. The van der Waals surface area contributed by atoms with Gasteiger partial charge in [-0.2, -0.15) is 5.26 Å². The summed E-state index contributed by atoms with van der Waals surface area (Å²) >= 11 is 0. The lowest BCUT2D eigenvalue weighted by atomic mass is 10.1. The molecule has 1 aromatic carbocycles. The van der Waals surface area contributed by atoms with Crippen molar-refractivity contribution in [3.05, 3.63) is 17.7 Å². The van der Waals surface area contributed by atoms with E-state index in [9.17, 15) is 0 Å². The Labute approximate surface area is 89.0 Å². The van der Waals surface area contributed by atoms with Crippen molar-refractivity contribution in [2.45, 2.75) is 6.42 Å². The van der Waals surface area contributed by atoms with Gasteiger partial charge in [0.05, 0.1) is 33.8 Å². The predicted octanol–water partition coefficient (Wildman–Crippen LogP) is 1.78. The molecule has 0 aliphatic rings. The normalized spacial score (nSPS) is 9.20. The summed E-state index contributed by atoms with van der Waals surface area (Å²) in [5.74, 6) is 1.83. The molecule has 80 valence electrons. The molecular weight excluding hydrogens is 194 g/mol. The van der Waals surface area contributed by atoms with E-state index in [0.717, 1.165) is 5.56 Å². The van der Waals surface area contributed by atoms with Crippen LogP contribution in [0.25, 0.3) is 0 Å². The molecule has 0 aliphatic carbocycles. The minimum Gasteiger partial charge on any atom is -0.496 e. The van der Waals surface area contributed by atoms with E-state index in [0.29, 0.717) is 17.2 Å². The van der Waals surface area contributed by atoms with Gasteiger partial charge >= 0.3 is 0 Å². The molecule has 0 saturated carbocycles. The zero-order valence-electron chi connectivity index (χ0n) is 9.03. The van der Waals surface area contributed by atoms with Crippen molar-refractivity contribution < 1.29 is 14.2 Å². The van der Waals surface area contributed by atoms with E-state index in [1.165, 1.54) is 0 Å². The first-order valence-electron chi connectivity index (χ1n) is 4.42. The molecule has 1 rings (SSSR count). The molecule has 0 aliphatic heterocycles. The van der Waals surface area contributed by atoms with Crippen molar-refractivity contribution >= 4 is 0 Å². The van der Waals surface area contributed by atoms with E-state index in [1.807, 2.05) is 0 Å². The summed E-state index contributed by atoms with van der Waals surface area (Å²) in [5.41, 5.74) is 0.789. The summed E-state index contributed by atoms with van der Waals surface area (Å²) in [6.07, 6.45) is 0.281. The fraction of sp³-hybridized carbons (Fsp3) is 0.364. The number of ether oxygens (including phenoxy) is 3. The van der Waals surface area contributed by atoms with Crippen LogP contribution in [0.15, 0.2) is 12.1 Å². The molecule has 0 atom stereocenters. The molecule has 0 unspecified atom stereocenters. The Kier molecular flexibility index (Phi) is 3.81. The van der Waals surface area contributed by atoms with Gasteiger partial charge in [0.2, 0.25) is 0 Å². The molecule has 0 amide bonds. The number of hydrogen-bond donors (Lipinski definition) is 0. The Morgan fingerprint density at radius 3 is 2.00 bits per heavy atom. The molecule has 4 nitrogen and oxygen atoms in total. The summed E-state index contributed by atoms with van der Waals surface area (Å²) < 4.78 is 15.4. The molecule has 0 saturated heterocycles. The lowest BCUT2D eigenvalue weighted by Gasteiger charge is -2.12. The molecule has 0 N–H and O–H groups in total. The maximum Gasteiger partial charge on any atom is 0.164 e. The van der Waals surface area contributed by atoms with Crippen LogP contribution in [0.4, 0.5) is 0 Å². The molecular formula is C11H13NO3. The van der Waals surface area contributed by atoms with Crippen molar-refractivity contribution in [1.29, 1.82) is 5.26 Å². The molecule has 0 radical (unpaired) electrons. The quantitative estimate of drug-likeness (QED) is 0.755. The van der Waals surface area contributed by atoms with Gasteiger partial charge in [0.1, 0.15) is 5.75 Å². The maximum atomic E-state index is 8.65. The third kappa shape index (κ3) is 2.32. The largest absolute Gasteiger partial charge is 0.496 e. The average Bonchev–Trinajstić information content (AvgIpc) is 2.28. The van der Waals surface area contributed by atoms with Crippen LogP contribution >= 0.6 is 0 Å². The predicted molar refractivity (Wildman–Crippen MR) is 55.4 cm³/mol. The van der Waals surface area contributed by atoms with Gasteiger partial charge in [0, 0.05) is 11.6 Å². The maximum absolute atomic E-state index is 8.65. The number of rotatable bonds is 4. The van der Waals surface area contributed by atoms with E-state index < -0.39 is 0 Å². The lowest BCUT2D eigenvalue weighted by molar-refractivity contribution is 0.348. The van der Waals surface area contributed by atoms with Crippen molar-refractivity contribution in [2.75, 3.05) is 21.3 Å². The van der Waals surface area contributed by atoms with Gasteiger partial charge in [0.25, 0.3) is 0 Å². The summed E-state index contributed by atoms with van der Waals surface area (Å²) in [6.45, 7) is 0. The first kappa shape index (κ1) is 11.2. The van der Waals surface area contributed by atoms with Crippen LogP contribution in [-0.4, -0.2) is 21.3 Å². The van der Waals surface area contributed by atoms with E-state index in [-0.39, 0.29) is 6.42 Å². The van der Waals surface area contributed by atoms with Crippen molar-refractivity contribution in [1.82, 2.24) is 0 Å². The highest BCUT2D eigenvalue weighted by molar-refractivity contribution is 5.51. The van der Waals surface area contributed by atoms with Crippen molar-refractivity contribution in [3.63, 3.8) is 0 Å². The fourth-order valence-corrected chi connectivity index (χ4v) is 1.32. The number of nitriles is 1. The van der Waals surface area contributed by atoms with E-state index in [4.69, 9.17) is 19.5 Å². The van der Waals surface area contributed by atoms with E-state index in [2.05, 4.69) is 6.07 Å². The lowest BCUT2D eigenvalue weighted by Crippen LogP contribution is -1.96. The summed E-state index contributed by atoms with van der Waals surface area (Å²) in [6, 6.07) is 5.54. The van der Waals surface area contributed by atoms with Crippen molar-refractivity contribution in [2.24, 2.45) is 0 Å². The fourth-order valence-electron chi connectivity index (χ4n) is 1.32. The molecule has 0 aromatic heterocycles. The molecule has 0 bridgehead atoms. The molecule has 15 heavy (non-hydrogen) atoms. The smallest absolute Gasteiger partial charge is 0.164 e. The van der Waals surface area contributed by atoms with Gasteiger partial charge < -0.3 is 14.2 Å². The second-order valence-electron chi connectivity index (χ2n) is 2.85. The number of benzene rings is 1. The van der Waals surface area contributed by atoms with E-state index >= 15 is 0 Å². The summed E-state index contributed by atoms with van der Waals surface area (Å²) in [5, 5.41) is 8.65. The Balaban J connectivity index is 3.22. The Morgan fingerprint density at radius 2 is 1.53 bits per heavy atom.